The van der Waals surface area contributed by atoms with E-state index < -0.39 is 23.5 Å². The Morgan fingerprint density at radius 1 is 1.23 bits per heavy atom. The van der Waals surface area contributed by atoms with Crippen LogP contribution in [0.15, 0.2) is 63.6 Å². The van der Waals surface area contributed by atoms with E-state index in [9.17, 15) is 18.4 Å². The molecule has 2 aromatic rings. The SMILES string of the molecule is COC(=O)/C=C1/S/C(=N\N=Cc2ccc(OCc3cccc(F)c3)c(F)c2)NC1=O. The fraction of sp³-hybridized carbons (Fsp3) is 0.100. The lowest BCUT2D eigenvalue weighted by atomic mass is 10.2. The molecule has 2 aromatic carbocycles. The smallest absolute Gasteiger partial charge is 0.331 e. The molecule has 3 rings (SSSR count). The predicted molar refractivity (Wildman–Crippen MR) is 108 cm³/mol. The highest BCUT2D eigenvalue weighted by Crippen LogP contribution is 2.23. The molecule has 7 nitrogen and oxygen atoms in total. The molecule has 10 heteroatoms. The van der Waals surface area contributed by atoms with Crippen molar-refractivity contribution >= 4 is 35.0 Å². The third-order valence-corrected chi connectivity index (χ3v) is 4.60. The van der Waals surface area contributed by atoms with Gasteiger partial charge in [0.05, 0.1) is 18.2 Å². The zero-order valence-electron chi connectivity index (χ0n) is 15.6. The molecule has 0 aromatic heterocycles. The summed E-state index contributed by atoms with van der Waals surface area (Å²) in [6.45, 7) is 0.0219. The molecule has 1 aliphatic rings. The number of halogens is 2. The van der Waals surface area contributed by atoms with Gasteiger partial charge in [-0.15, -0.1) is 5.10 Å². The molecule has 30 heavy (non-hydrogen) atoms. The van der Waals surface area contributed by atoms with Crippen molar-refractivity contribution in [2.75, 3.05) is 7.11 Å². The number of benzene rings is 2. The van der Waals surface area contributed by atoms with Crippen molar-refractivity contribution in [2.45, 2.75) is 6.61 Å². The van der Waals surface area contributed by atoms with Crippen LogP contribution in [0.5, 0.6) is 5.75 Å². The normalized spacial score (nSPS) is 16.3. The lowest BCUT2D eigenvalue weighted by Crippen LogP contribution is -2.19. The van der Waals surface area contributed by atoms with Gasteiger partial charge in [0, 0.05) is 6.08 Å². The van der Waals surface area contributed by atoms with Gasteiger partial charge in [0.2, 0.25) is 0 Å². The molecule has 1 heterocycles. The van der Waals surface area contributed by atoms with Crippen molar-refractivity contribution in [3.8, 4) is 5.75 Å². The van der Waals surface area contributed by atoms with Gasteiger partial charge in [-0.3, -0.25) is 10.1 Å². The van der Waals surface area contributed by atoms with Crippen LogP contribution in [0.4, 0.5) is 8.78 Å². The summed E-state index contributed by atoms with van der Waals surface area (Å²) in [7, 11) is 1.20. The summed E-state index contributed by atoms with van der Waals surface area (Å²) < 4.78 is 37.2. The second-order valence-electron chi connectivity index (χ2n) is 5.85. The van der Waals surface area contributed by atoms with Crippen LogP contribution in [0.25, 0.3) is 0 Å². The number of carbonyl (C=O) groups is 2. The fourth-order valence-corrected chi connectivity index (χ4v) is 3.03. The van der Waals surface area contributed by atoms with E-state index in [1.54, 1.807) is 18.2 Å². The molecule has 1 fully saturated rings. The second-order valence-corrected chi connectivity index (χ2v) is 6.88. The number of nitrogens with zero attached hydrogens (tertiary/aromatic N) is 2. The number of hydrogen-bond acceptors (Lipinski definition) is 7. The molecule has 1 aliphatic heterocycles. The van der Waals surface area contributed by atoms with Crippen LogP contribution >= 0.6 is 11.8 Å². The highest BCUT2D eigenvalue weighted by atomic mass is 32.2. The van der Waals surface area contributed by atoms with Gasteiger partial charge in [-0.05, 0) is 53.2 Å². The number of nitrogens with one attached hydrogen (secondary N) is 1. The summed E-state index contributed by atoms with van der Waals surface area (Å²) >= 11 is 0.924. The number of amidine groups is 1. The molecular weight excluding hydrogens is 416 g/mol. The van der Waals surface area contributed by atoms with Gasteiger partial charge in [-0.1, -0.05) is 12.1 Å². The first-order chi connectivity index (χ1) is 14.4. The monoisotopic (exact) mass is 431 g/mol. The number of carbonyl (C=O) groups excluding carboxylic acids is 2. The number of esters is 1. The van der Waals surface area contributed by atoms with E-state index in [2.05, 4.69) is 20.3 Å². The van der Waals surface area contributed by atoms with Crippen LogP contribution in [0.3, 0.4) is 0 Å². The number of methoxy groups -OCH3 is 1. The summed E-state index contributed by atoms with van der Waals surface area (Å²) in [5.74, 6) is -2.15. The van der Waals surface area contributed by atoms with Gasteiger partial charge in [-0.25, -0.2) is 13.6 Å². The summed E-state index contributed by atoms with van der Waals surface area (Å²) in [6, 6.07) is 10.0. The third kappa shape index (κ3) is 5.74. The van der Waals surface area contributed by atoms with E-state index in [1.807, 2.05) is 0 Å². The van der Waals surface area contributed by atoms with E-state index in [-0.39, 0.29) is 22.4 Å². The highest BCUT2D eigenvalue weighted by molar-refractivity contribution is 8.18. The summed E-state index contributed by atoms with van der Waals surface area (Å²) in [6.07, 6.45) is 2.34. The molecule has 0 radical (unpaired) electrons. The maximum absolute atomic E-state index is 14.2. The number of amides is 1. The molecule has 0 atom stereocenters. The van der Waals surface area contributed by atoms with E-state index in [0.717, 1.165) is 17.8 Å². The Bertz CT molecular complexity index is 1070. The van der Waals surface area contributed by atoms with Gasteiger partial charge in [0.1, 0.15) is 12.4 Å². The Morgan fingerprint density at radius 2 is 2.07 bits per heavy atom. The molecule has 0 unspecified atom stereocenters. The van der Waals surface area contributed by atoms with Crippen LogP contribution < -0.4 is 10.1 Å². The molecular formula is C20H15F2N3O4S. The molecule has 1 amide bonds. The molecule has 0 bridgehead atoms. The highest BCUT2D eigenvalue weighted by Gasteiger charge is 2.25. The van der Waals surface area contributed by atoms with Crippen molar-refractivity contribution in [3.63, 3.8) is 0 Å². The van der Waals surface area contributed by atoms with Gasteiger partial charge in [0.15, 0.2) is 16.7 Å². The van der Waals surface area contributed by atoms with Crippen molar-refractivity contribution in [1.82, 2.24) is 5.32 Å². The summed E-state index contributed by atoms with van der Waals surface area (Å²) in [4.78, 5) is 23.0. The van der Waals surface area contributed by atoms with E-state index in [0.29, 0.717) is 11.1 Å². The van der Waals surface area contributed by atoms with Crippen LogP contribution in [-0.4, -0.2) is 30.4 Å². The van der Waals surface area contributed by atoms with Crippen LogP contribution in [-0.2, 0) is 20.9 Å². The minimum Gasteiger partial charge on any atom is -0.486 e. The van der Waals surface area contributed by atoms with Crippen molar-refractivity contribution in [2.24, 2.45) is 10.2 Å². The van der Waals surface area contributed by atoms with E-state index in [4.69, 9.17) is 4.74 Å². The van der Waals surface area contributed by atoms with Crippen molar-refractivity contribution < 1.29 is 27.8 Å². The van der Waals surface area contributed by atoms with Crippen molar-refractivity contribution in [1.29, 1.82) is 0 Å². The quantitative estimate of drug-likeness (QED) is 0.329. The van der Waals surface area contributed by atoms with E-state index >= 15 is 0 Å². The molecule has 0 saturated carbocycles. The first kappa shape index (κ1) is 21.2. The minimum atomic E-state index is -0.660. The molecule has 154 valence electrons. The molecule has 0 spiro atoms. The number of hydrogen-bond donors (Lipinski definition) is 1. The number of thioether (sulfide) groups is 1. The molecule has 0 aliphatic carbocycles. The average Bonchev–Trinajstić information content (AvgIpc) is 3.06. The molecule has 1 saturated heterocycles. The van der Waals surface area contributed by atoms with Crippen molar-refractivity contribution in [3.05, 3.63) is 76.2 Å². The van der Waals surface area contributed by atoms with Crippen LogP contribution in [0.2, 0.25) is 0 Å². The predicted octanol–water partition coefficient (Wildman–Crippen LogP) is 3.15. The minimum absolute atomic E-state index is 0.0129. The number of ether oxygens (including phenoxy) is 2. The maximum Gasteiger partial charge on any atom is 0.331 e. The summed E-state index contributed by atoms with van der Waals surface area (Å²) in [5.41, 5.74) is 0.988. The topological polar surface area (TPSA) is 89.3 Å². The fourth-order valence-electron chi connectivity index (χ4n) is 2.29. The third-order valence-electron chi connectivity index (χ3n) is 3.70. The Labute approximate surface area is 174 Å². The Balaban J connectivity index is 1.61. The second kappa shape index (κ2) is 9.79. The van der Waals surface area contributed by atoms with E-state index in [1.165, 1.54) is 37.6 Å². The maximum atomic E-state index is 14.2. The zero-order valence-corrected chi connectivity index (χ0v) is 16.4. The van der Waals surface area contributed by atoms with Gasteiger partial charge >= 0.3 is 5.97 Å². The average molecular weight is 431 g/mol. The summed E-state index contributed by atoms with van der Waals surface area (Å²) in [5, 5.41) is 10.2. The largest absolute Gasteiger partial charge is 0.486 e. The number of rotatable bonds is 6. The standard InChI is InChI=1S/C20H15F2N3O4S/c1-28-18(26)9-17-19(27)24-20(30-17)25-23-10-12-5-6-16(15(22)8-12)29-11-13-3-2-4-14(21)7-13/h2-10H,11H2,1H3,(H,24,25,27)/b17-9+,23-10?. The van der Waals surface area contributed by atoms with Gasteiger partial charge in [0.25, 0.3) is 5.91 Å². The first-order valence-electron chi connectivity index (χ1n) is 8.51. The Hall–Kier alpha value is -3.53. The first-order valence-corrected chi connectivity index (χ1v) is 9.33. The van der Waals surface area contributed by atoms with Gasteiger partial charge < -0.3 is 9.47 Å². The molecule has 1 N–H and O–H groups in total. The zero-order chi connectivity index (χ0) is 21.5. The lowest BCUT2D eigenvalue weighted by Gasteiger charge is -2.07. The van der Waals surface area contributed by atoms with Crippen LogP contribution in [0, 0.1) is 11.6 Å². The van der Waals surface area contributed by atoms with Gasteiger partial charge in [-0.2, -0.15) is 5.10 Å². The lowest BCUT2D eigenvalue weighted by molar-refractivity contribution is -0.135. The Morgan fingerprint density at radius 3 is 2.80 bits per heavy atom. The van der Waals surface area contributed by atoms with Crippen LogP contribution in [0.1, 0.15) is 11.1 Å². The Kier molecular flexibility index (Phi) is 6.91.